The molecule has 1 N–H and O–H groups in total. The van der Waals surface area contributed by atoms with Crippen molar-refractivity contribution in [3.63, 3.8) is 0 Å². The van der Waals surface area contributed by atoms with E-state index in [1.165, 1.54) is 10.5 Å². The van der Waals surface area contributed by atoms with Crippen molar-refractivity contribution < 1.29 is 9.59 Å². The molecule has 0 fully saturated rings. The normalized spacial score (nSPS) is 13.9. The van der Waals surface area contributed by atoms with Gasteiger partial charge in [0.2, 0.25) is 0 Å². The van der Waals surface area contributed by atoms with Crippen LogP contribution in [0.3, 0.4) is 0 Å². The summed E-state index contributed by atoms with van der Waals surface area (Å²) in [6.07, 6.45) is 0.928. The van der Waals surface area contributed by atoms with E-state index in [-0.39, 0.29) is 17.5 Å². The summed E-state index contributed by atoms with van der Waals surface area (Å²) in [6.45, 7) is 4.05. The third-order valence-electron chi connectivity index (χ3n) is 5.14. The number of nitrogens with one attached hydrogen (secondary N) is 1. The standard InChI is InChI=1S/C25H21ClN2O2/c1-3-17-6-12-20(13-7-17)27-23-22(18-8-10-19(26)11-9-18)24(29)28(25(23)30)21-14-4-16(2)5-15-21/h4-15,27H,3H2,1-2H3. The highest BCUT2D eigenvalue weighted by Crippen LogP contribution is 2.34. The lowest BCUT2D eigenvalue weighted by molar-refractivity contribution is -0.120. The number of halogens is 1. The molecule has 1 aliphatic heterocycles. The number of carbonyl (C=O) groups excluding carboxylic acids is 2. The number of rotatable bonds is 5. The Hall–Kier alpha value is -3.37. The number of amides is 2. The monoisotopic (exact) mass is 416 g/mol. The second-order valence-corrected chi connectivity index (χ2v) is 7.65. The van der Waals surface area contributed by atoms with Gasteiger partial charge in [0.1, 0.15) is 5.70 Å². The Morgan fingerprint density at radius 2 is 1.47 bits per heavy atom. The Kier molecular flexibility index (Phi) is 5.42. The van der Waals surface area contributed by atoms with Crippen molar-refractivity contribution in [3.8, 4) is 0 Å². The summed E-state index contributed by atoms with van der Waals surface area (Å²) in [5.74, 6) is -0.743. The molecule has 0 bridgehead atoms. The largest absolute Gasteiger partial charge is 0.350 e. The molecule has 1 aliphatic rings. The van der Waals surface area contributed by atoms with Crippen molar-refractivity contribution in [1.29, 1.82) is 0 Å². The number of aryl methyl sites for hydroxylation is 2. The van der Waals surface area contributed by atoms with Gasteiger partial charge in [-0.15, -0.1) is 0 Å². The van der Waals surface area contributed by atoms with Crippen LogP contribution in [0.15, 0.2) is 78.5 Å². The molecule has 5 heteroatoms. The molecule has 150 valence electrons. The van der Waals surface area contributed by atoms with E-state index in [1.807, 2.05) is 43.3 Å². The lowest BCUT2D eigenvalue weighted by atomic mass is 10.0. The number of imide groups is 1. The van der Waals surface area contributed by atoms with E-state index in [0.29, 0.717) is 21.8 Å². The maximum atomic E-state index is 13.4. The van der Waals surface area contributed by atoms with Crippen LogP contribution in [0.4, 0.5) is 11.4 Å². The molecule has 0 radical (unpaired) electrons. The Morgan fingerprint density at radius 3 is 2.07 bits per heavy atom. The van der Waals surface area contributed by atoms with E-state index in [1.54, 1.807) is 36.4 Å². The molecule has 3 aromatic carbocycles. The first-order valence-corrected chi connectivity index (χ1v) is 10.2. The zero-order valence-electron chi connectivity index (χ0n) is 16.8. The summed E-state index contributed by atoms with van der Waals surface area (Å²) < 4.78 is 0. The van der Waals surface area contributed by atoms with Gasteiger partial charge in [-0.25, -0.2) is 4.90 Å². The van der Waals surface area contributed by atoms with Gasteiger partial charge >= 0.3 is 0 Å². The maximum Gasteiger partial charge on any atom is 0.282 e. The van der Waals surface area contributed by atoms with Crippen LogP contribution in [0.25, 0.3) is 5.57 Å². The first kappa shape index (κ1) is 19.9. The molecule has 4 rings (SSSR count). The van der Waals surface area contributed by atoms with Crippen molar-refractivity contribution in [2.75, 3.05) is 10.2 Å². The van der Waals surface area contributed by atoms with Crippen molar-refractivity contribution in [3.05, 3.63) is 100 Å². The van der Waals surface area contributed by atoms with E-state index in [2.05, 4.69) is 12.2 Å². The highest BCUT2D eigenvalue weighted by atomic mass is 35.5. The van der Waals surface area contributed by atoms with Crippen LogP contribution >= 0.6 is 11.6 Å². The number of carbonyl (C=O) groups is 2. The minimum Gasteiger partial charge on any atom is -0.350 e. The predicted octanol–water partition coefficient (Wildman–Crippen LogP) is 5.61. The van der Waals surface area contributed by atoms with E-state index in [9.17, 15) is 9.59 Å². The molecule has 0 saturated carbocycles. The molecular formula is C25H21ClN2O2. The first-order valence-electron chi connectivity index (χ1n) is 9.79. The quantitative estimate of drug-likeness (QED) is 0.550. The third-order valence-corrected chi connectivity index (χ3v) is 5.39. The van der Waals surface area contributed by atoms with Gasteiger partial charge in [-0.2, -0.15) is 0 Å². The number of benzene rings is 3. The summed E-state index contributed by atoms with van der Waals surface area (Å²) in [5.41, 5.74) is 4.77. The number of anilines is 2. The molecule has 0 spiro atoms. The molecule has 4 nitrogen and oxygen atoms in total. The van der Waals surface area contributed by atoms with Gasteiger partial charge in [0, 0.05) is 10.7 Å². The first-order chi connectivity index (χ1) is 14.5. The fourth-order valence-electron chi connectivity index (χ4n) is 3.43. The van der Waals surface area contributed by atoms with Crippen LogP contribution in [0.2, 0.25) is 5.02 Å². The van der Waals surface area contributed by atoms with Crippen LogP contribution in [0.5, 0.6) is 0 Å². The molecule has 2 amide bonds. The van der Waals surface area contributed by atoms with Crippen LogP contribution in [0.1, 0.15) is 23.6 Å². The van der Waals surface area contributed by atoms with E-state index < -0.39 is 0 Å². The molecule has 0 atom stereocenters. The van der Waals surface area contributed by atoms with Gasteiger partial charge in [-0.1, -0.05) is 60.5 Å². The fourth-order valence-corrected chi connectivity index (χ4v) is 3.55. The van der Waals surface area contributed by atoms with Crippen molar-refractivity contribution in [2.45, 2.75) is 20.3 Å². The highest BCUT2D eigenvalue weighted by molar-refractivity contribution is 6.46. The van der Waals surface area contributed by atoms with Gasteiger partial charge in [0.15, 0.2) is 0 Å². The topological polar surface area (TPSA) is 49.4 Å². The van der Waals surface area contributed by atoms with Crippen LogP contribution in [-0.2, 0) is 16.0 Å². The lowest BCUT2D eigenvalue weighted by Crippen LogP contribution is -2.32. The van der Waals surface area contributed by atoms with Crippen molar-refractivity contribution >= 4 is 40.4 Å². The maximum absolute atomic E-state index is 13.4. The molecule has 1 heterocycles. The lowest BCUT2D eigenvalue weighted by Gasteiger charge is -2.15. The van der Waals surface area contributed by atoms with E-state index >= 15 is 0 Å². The SMILES string of the molecule is CCc1ccc(NC2=C(c3ccc(Cl)cc3)C(=O)N(c3ccc(C)cc3)C2=O)cc1. The number of hydrogen-bond donors (Lipinski definition) is 1. The van der Waals surface area contributed by atoms with E-state index in [0.717, 1.165) is 17.7 Å². The van der Waals surface area contributed by atoms with Gasteiger partial charge in [0.25, 0.3) is 11.8 Å². The molecule has 0 unspecified atom stereocenters. The smallest absolute Gasteiger partial charge is 0.282 e. The molecule has 0 aliphatic carbocycles. The van der Waals surface area contributed by atoms with E-state index in [4.69, 9.17) is 11.6 Å². The number of hydrogen-bond acceptors (Lipinski definition) is 3. The summed E-state index contributed by atoms with van der Waals surface area (Å²) >= 11 is 6.02. The third kappa shape index (κ3) is 3.74. The highest BCUT2D eigenvalue weighted by Gasteiger charge is 2.40. The van der Waals surface area contributed by atoms with Crippen LogP contribution < -0.4 is 10.2 Å². The predicted molar refractivity (Wildman–Crippen MR) is 121 cm³/mol. The van der Waals surface area contributed by atoms with Gasteiger partial charge in [-0.05, 0) is 60.9 Å². The van der Waals surface area contributed by atoms with Gasteiger partial charge in [-0.3, -0.25) is 9.59 Å². The number of nitrogens with zero attached hydrogens (tertiary/aromatic N) is 1. The second kappa shape index (κ2) is 8.17. The Bertz CT molecular complexity index is 1130. The van der Waals surface area contributed by atoms with Crippen molar-refractivity contribution in [1.82, 2.24) is 0 Å². The summed E-state index contributed by atoms with van der Waals surface area (Å²) in [6, 6.07) is 22.1. The molecule has 0 aromatic heterocycles. The van der Waals surface area contributed by atoms with Crippen molar-refractivity contribution in [2.24, 2.45) is 0 Å². The zero-order chi connectivity index (χ0) is 21.3. The molecule has 30 heavy (non-hydrogen) atoms. The zero-order valence-corrected chi connectivity index (χ0v) is 17.5. The van der Waals surface area contributed by atoms with Crippen LogP contribution in [-0.4, -0.2) is 11.8 Å². The summed E-state index contributed by atoms with van der Waals surface area (Å²) in [7, 11) is 0. The average Bonchev–Trinajstić information content (AvgIpc) is 3.00. The average molecular weight is 417 g/mol. The molecule has 3 aromatic rings. The minimum absolute atomic E-state index is 0.257. The minimum atomic E-state index is -0.381. The second-order valence-electron chi connectivity index (χ2n) is 7.21. The summed E-state index contributed by atoms with van der Waals surface area (Å²) in [4.78, 5) is 27.9. The van der Waals surface area contributed by atoms with Crippen LogP contribution in [0, 0.1) is 6.92 Å². The Labute approximate surface area is 180 Å². The fraction of sp³-hybridized carbons (Fsp3) is 0.120. The van der Waals surface area contributed by atoms with Gasteiger partial charge < -0.3 is 5.32 Å². The molecule has 0 saturated heterocycles. The Morgan fingerprint density at radius 1 is 0.833 bits per heavy atom. The Balaban J connectivity index is 1.78. The van der Waals surface area contributed by atoms with Gasteiger partial charge in [0.05, 0.1) is 11.3 Å². The molecular weight excluding hydrogens is 396 g/mol. The summed E-state index contributed by atoms with van der Waals surface area (Å²) in [5, 5.41) is 3.75.